The van der Waals surface area contributed by atoms with Crippen LogP contribution in [0.15, 0.2) is 60.7 Å². The van der Waals surface area contributed by atoms with Crippen LogP contribution in [0.1, 0.15) is 33.6 Å². The van der Waals surface area contributed by atoms with Crippen LogP contribution in [0.5, 0.6) is 0 Å². The van der Waals surface area contributed by atoms with Crippen molar-refractivity contribution >= 4 is 27.8 Å². The number of sulfonamides is 1. The minimum Gasteiger partial charge on any atom is -0.502 e. The van der Waals surface area contributed by atoms with Crippen molar-refractivity contribution in [1.29, 1.82) is 0 Å². The van der Waals surface area contributed by atoms with Gasteiger partial charge in [-0.2, -0.15) is 0 Å². The zero-order valence-electron chi connectivity index (χ0n) is 17.8. The highest BCUT2D eigenvalue weighted by molar-refractivity contribution is 7.92. The molecule has 0 saturated heterocycles. The molecule has 3 aromatic rings. The number of benzene rings is 2. The lowest BCUT2D eigenvalue weighted by Crippen LogP contribution is -2.36. The summed E-state index contributed by atoms with van der Waals surface area (Å²) in [5.74, 6) is 0.951. The monoisotopic (exact) mass is 441 g/mol. The molecule has 0 radical (unpaired) electrons. The van der Waals surface area contributed by atoms with E-state index < -0.39 is 16.1 Å². The SMILES string of the molecule is Cc1nn(C)c(/C(O)=C\[C@H](c2ccccc2)N(c2ccccc2C=O)S(C)(=O)=O)[n+]1C. The molecule has 0 bridgehead atoms. The minimum absolute atomic E-state index is 0.142. The van der Waals surface area contributed by atoms with E-state index in [9.17, 15) is 18.3 Å². The van der Waals surface area contributed by atoms with E-state index in [0.717, 1.165) is 10.6 Å². The molecule has 3 rings (SSSR count). The minimum atomic E-state index is -3.85. The fourth-order valence-corrected chi connectivity index (χ4v) is 4.65. The first-order valence-electron chi connectivity index (χ1n) is 9.54. The molecule has 1 heterocycles. The van der Waals surface area contributed by atoms with E-state index in [1.165, 1.54) is 10.8 Å². The predicted octanol–water partition coefficient (Wildman–Crippen LogP) is 2.47. The Labute approximate surface area is 181 Å². The van der Waals surface area contributed by atoms with Gasteiger partial charge in [0.25, 0.3) is 5.82 Å². The second-order valence-electron chi connectivity index (χ2n) is 7.20. The summed E-state index contributed by atoms with van der Waals surface area (Å²) < 4.78 is 30.3. The molecule has 0 spiro atoms. The first kappa shape index (κ1) is 22.2. The number of hydrogen-bond acceptors (Lipinski definition) is 5. The molecule has 31 heavy (non-hydrogen) atoms. The van der Waals surface area contributed by atoms with Gasteiger partial charge in [0.2, 0.25) is 10.0 Å². The number of anilines is 1. The summed E-state index contributed by atoms with van der Waals surface area (Å²) in [4.78, 5) is 11.7. The Balaban J connectivity index is 2.28. The smallest absolute Gasteiger partial charge is 0.302 e. The normalized spacial score (nSPS) is 13.1. The van der Waals surface area contributed by atoms with Gasteiger partial charge >= 0.3 is 5.82 Å². The number of aliphatic hydroxyl groups excluding tert-OH is 1. The molecular weight excluding hydrogens is 416 g/mol. The van der Waals surface area contributed by atoms with Crippen LogP contribution in [0.3, 0.4) is 0 Å². The zero-order valence-corrected chi connectivity index (χ0v) is 18.6. The van der Waals surface area contributed by atoms with Crippen LogP contribution in [-0.4, -0.2) is 35.8 Å². The Morgan fingerprint density at radius 3 is 2.32 bits per heavy atom. The van der Waals surface area contributed by atoms with Crippen LogP contribution in [0.25, 0.3) is 5.76 Å². The number of carbonyl (C=O) groups excluding carboxylic acids is 1. The van der Waals surface area contributed by atoms with Crippen molar-refractivity contribution in [2.45, 2.75) is 13.0 Å². The molecule has 0 aliphatic heterocycles. The zero-order chi connectivity index (χ0) is 22.8. The van der Waals surface area contributed by atoms with E-state index in [4.69, 9.17) is 0 Å². The molecule has 8 nitrogen and oxygen atoms in total. The topological polar surface area (TPSA) is 96.4 Å². The summed E-state index contributed by atoms with van der Waals surface area (Å²) in [5, 5.41) is 15.3. The Hall–Kier alpha value is -3.46. The van der Waals surface area contributed by atoms with Gasteiger partial charge in [-0.15, -0.1) is 4.68 Å². The Kier molecular flexibility index (Phi) is 6.26. The molecule has 162 valence electrons. The highest BCUT2D eigenvalue weighted by Crippen LogP contribution is 2.34. The quantitative estimate of drug-likeness (QED) is 0.345. The number of rotatable bonds is 7. The van der Waals surface area contributed by atoms with Gasteiger partial charge in [0.15, 0.2) is 12.0 Å². The van der Waals surface area contributed by atoms with Crippen LogP contribution in [0.4, 0.5) is 5.69 Å². The third-order valence-corrected chi connectivity index (χ3v) is 6.14. The van der Waals surface area contributed by atoms with Gasteiger partial charge in [0.1, 0.15) is 0 Å². The van der Waals surface area contributed by atoms with Crippen molar-refractivity contribution in [3.05, 3.63) is 83.4 Å². The maximum atomic E-state index is 12.9. The number of aromatic nitrogens is 3. The molecule has 0 fully saturated rings. The van der Waals surface area contributed by atoms with Gasteiger partial charge in [0.05, 0.1) is 32.1 Å². The van der Waals surface area contributed by atoms with Crippen LogP contribution in [-0.2, 0) is 24.1 Å². The average molecular weight is 442 g/mol. The third-order valence-electron chi connectivity index (χ3n) is 5.00. The summed E-state index contributed by atoms with van der Waals surface area (Å²) in [6, 6.07) is 14.5. The number of aliphatic hydroxyl groups is 1. The Morgan fingerprint density at radius 1 is 1.16 bits per heavy atom. The fraction of sp³-hybridized carbons (Fsp3) is 0.227. The molecule has 1 aromatic heterocycles. The van der Waals surface area contributed by atoms with Gasteiger partial charge in [-0.05, 0) is 23.8 Å². The van der Waals surface area contributed by atoms with E-state index in [2.05, 4.69) is 5.10 Å². The van der Waals surface area contributed by atoms with Crippen LogP contribution in [0, 0.1) is 6.92 Å². The second-order valence-corrected chi connectivity index (χ2v) is 9.06. The lowest BCUT2D eigenvalue weighted by atomic mass is 10.0. The molecular formula is C22H25N4O4S+. The summed E-state index contributed by atoms with van der Waals surface area (Å²) in [7, 11) is -0.398. The van der Waals surface area contributed by atoms with Crippen LogP contribution < -0.4 is 8.87 Å². The van der Waals surface area contributed by atoms with Crippen molar-refractivity contribution in [3.63, 3.8) is 0 Å². The first-order chi connectivity index (χ1) is 14.6. The number of aryl methyl sites for hydroxylation is 2. The van der Waals surface area contributed by atoms with Crippen molar-refractivity contribution in [2.24, 2.45) is 14.1 Å². The Bertz CT molecular complexity index is 1230. The lowest BCUT2D eigenvalue weighted by Gasteiger charge is -2.31. The maximum absolute atomic E-state index is 12.9. The molecule has 0 aliphatic carbocycles. The molecule has 1 atom stereocenters. The van der Waals surface area contributed by atoms with E-state index >= 15 is 0 Å². The van der Waals surface area contributed by atoms with Gasteiger partial charge < -0.3 is 5.11 Å². The van der Waals surface area contributed by atoms with Crippen molar-refractivity contribution in [1.82, 2.24) is 9.78 Å². The number of aldehydes is 1. The standard InChI is InChI=1S/C22H24N4O4S/c1-16-23-25(3)22(24(16)2)21(28)14-20(17-10-6-5-7-11-17)26(31(4,29)30)19-13-9-8-12-18(19)15-27/h5-15,20H,1-4H3/p+1/b21-14+/t20-/m1/s1. The number of para-hydroxylation sites is 1. The fourth-order valence-electron chi connectivity index (χ4n) is 3.54. The molecule has 1 N–H and O–H groups in total. The highest BCUT2D eigenvalue weighted by atomic mass is 32.2. The van der Waals surface area contributed by atoms with Crippen molar-refractivity contribution < 1.29 is 22.9 Å². The van der Waals surface area contributed by atoms with E-state index in [-0.39, 0.29) is 17.0 Å². The van der Waals surface area contributed by atoms with Crippen LogP contribution in [0.2, 0.25) is 0 Å². The molecule has 0 saturated carbocycles. The predicted molar refractivity (Wildman–Crippen MR) is 118 cm³/mol. The number of hydrogen-bond donors (Lipinski definition) is 1. The summed E-state index contributed by atoms with van der Waals surface area (Å²) in [6.45, 7) is 1.80. The van der Waals surface area contributed by atoms with Gasteiger partial charge in [-0.3, -0.25) is 9.10 Å². The van der Waals surface area contributed by atoms with Gasteiger partial charge in [0, 0.05) is 17.6 Å². The number of nitrogens with zero attached hydrogens (tertiary/aromatic N) is 4. The summed E-state index contributed by atoms with van der Waals surface area (Å²) >= 11 is 0. The van der Waals surface area contributed by atoms with E-state index in [0.29, 0.717) is 23.5 Å². The largest absolute Gasteiger partial charge is 0.502 e. The number of carbonyl (C=O) groups is 1. The Morgan fingerprint density at radius 2 is 1.77 bits per heavy atom. The lowest BCUT2D eigenvalue weighted by molar-refractivity contribution is -0.681. The average Bonchev–Trinajstić information content (AvgIpc) is 2.99. The summed E-state index contributed by atoms with van der Waals surface area (Å²) in [5.41, 5.74) is 1.08. The molecule has 0 amide bonds. The van der Waals surface area contributed by atoms with Gasteiger partial charge in [-0.25, -0.2) is 13.0 Å². The van der Waals surface area contributed by atoms with Crippen LogP contribution >= 0.6 is 0 Å². The molecule has 0 unspecified atom stereocenters. The molecule has 2 aromatic carbocycles. The summed E-state index contributed by atoms with van der Waals surface area (Å²) in [6.07, 6.45) is 3.14. The first-order valence-corrected chi connectivity index (χ1v) is 11.4. The second kappa shape index (κ2) is 8.73. The highest BCUT2D eigenvalue weighted by Gasteiger charge is 2.31. The third kappa shape index (κ3) is 4.51. The molecule has 9 heteroatoms. The van der Waals surface area contributed by atoms with Crippen molar-refractivity contribution in [3.8, 4) is 0 Å². The van der Waals surface area contributed by atoms with E-state index in [1.54, 1.807) is 74.1 Å². The van der Waals surface area contributed by atoms with Gasteiger partial charge in [-0.1, -0.05) is 42.5 Å². The maximum Gasteiger partial charge on any atom is 0.302 e. The van der Waals surface area contributed by atoms with Crippen molar-refractivity contribution in [2.75, 3.05) is 10.6 Å². The van der Waals surface area contributed by atoms with E-state index in [1.807, 2.05) is 6.07 Å². The molecule has 0 aliphatic rings.